The maximum Gasteiger partial charge on any atom is 0.344 e. The van der Waals surface area contributed by atoms with E-state index in [0.29, 0.717) is 11.3 Å². The van der Waals surface area contributed by atoms with Crippen molar-refractivity contribution in [2.24, 2.45) is 0 Å². The van der Waals surface area contributed by atoms with E-state index in [-0.39, 0.29) is 13.2 Å². The van der Waals surface area contributed by atoms with Crippen LogP contribution in [0.3, 0.4) is 0 Å². The van der Waals surface area contributed by atoms with E-state index in [1.165, 1.54) is 12.1 Å². The Morgan fingerprint density at radius 3 is 2.89 bits per heavy atom. The third-order valence-electron chi connectivity index (χ3n) is 2.31. The molecule has 5 nitrogen and oxygen atoms in total. The lowest BCUT2D eigenvalue weighted by Crippen LogP contribution is -2.14. The number of carbonyl (C=O) groups is 1. The molecule has 0 saturated heterocycles. The van der Waals surface area contributed by atoms with Gasteiger partial charge in [0.1, 0.15) is 17.9 Å². The number of carbonyl (C=O) groups excluding carboxylic acids is 1. The third-order valence-corrected chi connectivity index (χ3v) is 2.31. The van der Waals surface area contributed by atoms with Gasteiger partial charge in [0, 0.05) is 17.5 Å². The molecular formula is C14H12O5. The maximum absolute atomic E-state index is 11.2. The summed E-state index contributed by atoms with van der Waals surface area (Å²) < 4.78 is 15.0. The second-order valence-corrected chi connectivity index (χ2v) is 3.71. The summed E-state index contributed by atoms with van der Waals surface area (Å²) in [5, 5.41) is 0.779. The molecule has 0 aliphatic rings. The number of esters is 1. The van der Waals surface area contributed by atoms with Crippen LogP contribution in [0.25, 0.3) is 11.0 Å². The summed E-state index contributed by atoms with van der Waals surface area (Å²) in [5.41, 5.74) is -0.0282. The highest BCUT2D eigenvalue weighted by Gasteiger charge is 2.05. The van der Waals surface area contributed by atoms with Gasteiger partial charge in [0.2, 0.25) is 0 Å². The highest BCUT2D eigenvalue weighted by Crippen LogP contribution is 2.19. The minimum Gasteiger partial charge on any atom is -0.482 e. The fourth-order valence-electron chi connectivity index (χ4n) is 1.47. The van der Waals surface area contributed by atoms with E-state index in [9.17, 15) is 9.59 Å². The summed E-state index contributed by atoms with van der Waals surface area (Å²) in [4.78, 5) is 22.3. The van der Waals surface area contributed by atoms with E-state index >= 15 is 0 Å². The summed E-state index contributed by atoms with van der Waals surface area (Å²) >= 11 is 0. The summed E-state index contributed by atoms with van der Waals surface area (Å²) in [6.45, 7) is 3.37. The Morgan fingerprint density at radius 2 is 2.11 bits per heavy atom. The average Bonchev–Trinajstić information content (AvgIpc) is 2.42. The van der Waals surface area contributed by atoms with Gasteiger partial charge in [0.15, 0.2) is 6.61 Å². The molecule has 0 bridgehead atoms. The van der Waals surface area contributed by atoms with Crippen molar-refractivity contribution in [1.82, 2.24) is 0 Å². The van der Waals surface area contributed by atoms with Crippen LogP contribution >= 0.6 is 0 Å². The number of hydrogen-bond acceptors (Lipinski definition) is 5. The van der Waals surface area contributed by atoms with E-state index in [2.05, 4.69) is 6.58 Å². The normalized spacial score (nSPS) is 10.1. The molecule has 0 fully saturated rings. The van der Waals surface area contributed by atoms with Gasteiger partial charge in [0.25, 0.3) is 0 Å². The SMILES string of the molecule is C=CCOC(=O)COc1ccc2ccc(=O)oc2c1. The molecule has 5 heteroatoms. The Labute approximate surface area is 109 Å². The van der Waals surface area contributed by atoms with Crippen molar-refractivity contribution in [3.63, 3.8) is 0 Å². The van der Waals surface area contributed by atoms with Crippen molar-refractivity contribution < 1.29 is 18.7 Å². The Balaban J connectivity index is 2.07. The topological polar surface area (TPSA) is 65.7 Å². The van der Waals surface area contributed by atoms with Crippen molar-refractivity contribution in [2.45, 2.75) is 0 Å². The smallest absolute Gasteiger partial charge is 0.344 e. The average molecular weight is 260 g/mol. The predicted molar refractivity (Wildman–Crippen MR) is 69.1 cm³/mol. The van der Waals surface area contributed by atoms with Gasteiger partial charge in [0.05, 0.1) is 0 Å². The number of ether oxygens (including phenoxy) is 2. The van der Waals surface area contributed by atoms with Crippen LogP contribution in [0.4, 0.5) is 0 Å². The lowest BCUT2D eigenvalue weighted by Gasteiger charge is -2.06. The van der Waals surface area contributed by atoms with E-state index in [0.717, 1.165) is 5.39 Å². The van der Waals surface area contributed by atoms with Gasteiger partial charge < -0.3 is 13.9 Å². The zero-order chi connectivity index (χ0) is 13.7. The van der Waals surface area contributed by atoms with Crippen LogP contribution in [0.2, 0.25) is 0 Å². The van der Waals surface area contributed by atoms with Gasteiger partial charge in [-0.15, -0.1) is 0 Å². The van der Waals surface area contributed by atoms with E-state index in [1.54, 1.807) is 24.3 Å². The molecule has 1 heterocycles. The standard InChI is InChI=1S/C14H12O5/c1-2-7-17-14(16)9-18-11-5-3-10-4-6-13(15)19-12(10)8-11/h2-6,8H,1,7,9H2. The Hall–Kier alpha value is -2.56. The molecule has 0 radical (unpaired) electrons. The lowest BCUT2D eigenvalue weighted by molar-refractivity contribution is -0.144. The van der Waals surface area contributed by atoms with Gasteiger partial charge in [-0.05, 0) is 18.2 Å². The highest BCUT2D eigenvalue weighted by molar-refractivity contribution is 5.78. The van der Waals surface area contributed by atoms with Crippen LogP contribution in [-0.2, 0) is 9.53 Å². The molecule has 98 valence electrons. The van der Waals surface area contributed by atoms with Gasteiger partial charge in [-0.2, -0.15) is 0 Å². The first-order valence-electron chi connectivity index (χ1n) is 5.62. The van der Waals surface area contributed by atoms with E-state index in [1.807, 2.05) is 0 Å². The van der Waals surface area contributed by atoms with Crippen molar-refractivity contribution in [1.29, 1.82) is 0 Å². The van der Waals surface area contributed by atoms with Crippen LogP contribution in [-0.4, -0.2) is 19.2 Å². The van der Waals surface area contributed by atoms with Gasteiger partial charge in [-0.3, -0.25) is 0 Å². The quantitative estimate of drug-likeness (QED) is 0.466. The summed E-state index contributed by atoms with van der Waals surface area (Å²) in [6.07, 6.45) is 1.47. The number of benzene rings is 1. The molecule has 0 saturated carbocycles. The Kier molecular flexibility index (Phi) is 3.97. The zero-order valence-corrected chi connectivity index (χ0v) is 10.1. The fourth-order valence-corrected chi connectivity index (χ4v) is 1.47. The molecular weight excluding hydrogens is 248 g/mol. The predicted octanol–water partition coefficient (Wildman–Crippen LogP) is 1.90. The number of fused-ring (bicyclic) bond motifs is 1. The zero-order valence-electron chi connectivity index (χ0n) is 10.1. The molecule has 2 aromatic rings. The molecule has 1 aromatic carbocycles. The molecule has 0 atom stereocenters. The number of rotatable bonds is 5. The number of hydrogen-bond donors (Lipinski definition) is 0. The van der Waals surface area contributed by atoms with Crippen LogP contribution in [0.1, 0.15) is 0 Å². The molecule has 0 aliphatic heterocycles. The van der Waals surface area contributed by atoms with Gasteiger partial charge in [-0.1, -0.05) is 12.7 Å². The van der Waals surface area contributed by atoms with E-state index in [4.69, 9.17) is 13.9 Å². The molecule has 19 heavy (non-hydrogen) atoms. The molecule has 0 N–H and O–H groups in total. The molecule has 1 aromatic heterocycles. The maximum atomic E-state index is 11.2. The summed E-state index contributed by atoms with van der Waals surface area (Å²) in [5.74, 6) is -0.0630. The van der Waals surface area contributed by atoms with Crippen LogP contribution in [0.15, 0.2) is 52.2 Å². The van der Waals surface area contributed by atoms with Gasteiger partial charge >= 0.3 is 11.6 Å². The minimum atomic E-state index is -0.491. The minimum absolute atomic E-state index is 0.148. The monoisotopic (exact) mass is 260 g/mol. The Morgan fingerprint density at radius 1 is 1.32 bits per heavy atom. The second kappa shape index (κ2) is 5.86. The largest absolute Gasteiger partial charge is 0.482 e. The first kappa shape index (κ1) is 12.9. The Bertz CT molecular complexity index is 656. The van der Waals surface area contributed by atoms with Crippen molar-refractivity contribution >= 4 is 16.9 Å². The van der Waals surface area contributed by atoms with Crippen molar-refractivity contribution in [3.05, 3.63) is 53.4 Å². The van der Waals surface area contributed by atoms with Crippen LogP contribution < -0.4 is 10.4 Å². The van der Waals surface area contributed by atoms with Crippen molar-refractivity contribution in [3.8, 4) is 5.75 Å². The summed E-state index contributed by atoms with van der Waals surface area (Å²) in [7, 11) is 0. The molecule has 0 spiro atoms. The van der Waals surface area contributed by atoms with Crippen LogP contribution in [0.5, 0.6) is 5.75 Å². The lowest BCUT2D eigenvalue weighted by atomic mass is 10.2. The molecule has 0 amide bonds. The second-order valence-electron chi connectivity index (χ2n) is 3.71. The van der Waals surface area contributed by atoms with Crippen LogP contribution in [0, 0.1) is 0 Å². The molecule has 0 unspecified atom stereocenters. The summed E-state index contributed by atoms with van der Waals surface area (Å²) in [6, 6.07) is 7.97. The van der Waals surface area contributed by atoms with E-state index < -0.39 is 11.6 Å². The first-order valence-corrected chi connectivity index (χ1v) is 5.62. The first-order chi connectivity index (χ1) is 9.19. The van der Waals surface area contributed by atoms with Crippen molar-refractivity contribution in [2.75, 3.05) is 13.2 Å². The molecule has 2 rings (SSSR count). The fraction of sp³-hybridized carbons (Fsp3) is 0.143. The molecule has 0 aliphatic carbocycles. The highest BCUT2D eigenvalue weighted by atomic mass is 16.6. The van der Waals surface area contributed by atoms with Gasteiger partial charge in [-0.25, -0.2) is 9.59 Å². The third kappa shape index (κ3) is 3.45.